The molecule has 2 rings (SSSR count). The van der Waals surface area contributed by atoms with Crippen LogP contribution in [0.3, 0.4) is 0 Å². The molecule has 5 nitrogen and oxygen atoms in total. The number of nitrogens with zero attached hydrogens (tertiary/aromatic N) is 1. The van der Waals surface area contributed by atoms with E-state index in [-0.39, 0.29) is 0 Å². The van der Waals surface area contributed by atoms with Gasteiger partial charge in [0.25, 0.3) is 0 Å². The third-order valence-electron chi connectivity index (χ3n) is 6.62. The van der Waals surface area contributed by atoms with Crippen LogP contribution in [0.25, 0.3) is 11.1 Å². The van der Waals surface area contributed by atoms with Gasteiger partial charge in [0.15, 0.2) is 0 Å². The van der Waals surface area contributed by atoms with Crippen LogP contribution < -0.4 is 11.1 Å². The Morgan fingerprint density at radius 2 is 1.97 bits per heavy atom. The highest BCUT2D eigenvalue weighted by atomic mass is 16.3. The molecule has 0 bridgehead atoms. The third-order valence-corrected chi connectivity index (χ3v) is 6.62. The molecule has 5 heteroatoms. The van der Waals surface area contributed by atoms with Crippen molar-refractivity contribution in [3.05, 3.63) is 46.8 Å². The average molecular weight is 439 g/mol. The summed E-state index contributed by atoms with van der Waals surface area (Å²) in [7, 11) is 1.74. The third kappa shape index (κ3) is 6.63. The molecular weight excluding hydrogens is 396 g/mol. The number of unbranched alkanes of at least 4 members (excludes halogenated alkanes) is 1. The smallest absolute Gasteiger partial charge is 0.139 e. The van der Waals surface area contributed by atoms with E-state index in [1.807, 2.05) is 31.3 Å². The summed E-state index contributed by atoms with van der Waals surface area (Å²) in [4.78, 5) is 5.00. The lowest BCUT2D eigenvalue weighted by atomic mass is 9.84. The molecule has 0 amide bonds. The molecule has 0 saturated heterocycles. The van der Waals surface area contributed by atoms with Crippen LogP contribution in [0.15, 0.2) is 35.1 Å². The number of benzene rings is 1. The van der Waals surface area contributed by atoms with E-state index >= 15 is 0 Å². The summed E-state index contributed by atoms with van der Waals surface area (Å²) in [6.45, 7) is 7.80. The largest absolute Gasteiger partial charge is 0.402 e. The first-order valence-electron chi connectivity index (χ1n) is 12.0. The molecule has 5 N–H and O–H groups in total. The highest BCUT2D eigenvalue weighted by molar-refractivity contribution is 6.09. The van der Waals surface area contributed by atoms with Gasteiger partial charge in [0.05, 0.1) is 0 Å². The SMILES string of the molecule is CCCCC(=N/C=C(\C)c1ccc(/C(C=N)=C(\C)N)cc1C(C)(O)NC)C1CCCCC1. The molecule has 1 aromatic carbocycles. The fourth-order valence-corrected chi connectivity index (χ4v) is 4.43. The fraction of sp³-hybridized carbons (Fsp3) is 0.556. The van der Waals surface area contributed by atoms with Gasteiger partial charge in [-0.3, -0.25) is 10.3 Å². The molecule has 1 aliphatic carbocycles. The predicted molar refractivity (Wildman–Crippen MR) is 138 cm³/mol. The van der Waals surface area contributed by atoms with Crippen LogP contribution in [0.4, 0.5) is 0 Å². The summed E-state index contributed by atoms with van der Waals surface area (Å²) in [5.41, 5.74) is 10.8. The lowest BCUT2D eigenvalue weighted by molar-refractivity contribution is 0.0280. The van der Waals surface area contributed by atoms with Crippen molar-refractivity contribution in [3.8, 4) is 0 Å². The molecule has 0 aliphatic heterocycles. The van der Waals surface area contributed by atoms with E-state index in [2.05, 4.69) is 12.2 Å². The molecule has 0 heterocycles. The maximum absolute atomic E-state index is 11.1. The highest BCUT2D eigenvalue weighted by Crippen LogP contribution is 2.31. The van der Waals surface area contributed by atoms with E-state index in [0.717, 1.165) is 28.7 Å². The topological polar surface area (TPSA) is 94.5 Å². The molecule has 1 fully saturated rings. The Labute approximate surface area is 194 Å². The van der Waals surface area contributed by atoms with Gasteiger partial charge in [-0.05, 0) is 82.2 Å². The minimum atomic E-state index is -1.23. The second-order valence-corrected chi connectivity index (χ2v) is 9.19. The lowest BCUT2D eigenvalue weighted by Gasteiger charge is -2.27. The van der Waals surface area contributed by atoms with Crippen LogP contribution in [0.2, 0.25) is 0 Å². The van der Waals surface area contributed by atoms with Crippen molar-refractivity contribution in [3.63, 3.8) is 0 Å². The van der Waals surface area contributed by atoms with Crippen molar-refractivity contribution in [1.82, 2.24) is 5.32 Å². The summed E-state index contributed by atoms with van der Waals surface area (Å²) >= 11 is 0. The second-order valence-electron chi connectivity index (χ2n) is 9.19. The minimum absolute atomic E-state index is 0.577. The molecule has 0 aromatic heterocycles. The monoisotopic (exact) mass is 438 g/mol. The molecule has 1 unspecified atom stereocenters. The molecule has 1 aliphatic rings. The Hall–Kier alpha value is -2.24. The zero-order valence-corrected chi connectivity index (χ0v) is 20.6. The van der Waals surface area contributed by atoms with Crippen molar-refractivity contribution < 1.29 is 5.11 Å². The minimum Gasteiger partial charge on any atom is -0.402 e. The van der Waals surface area contributed by atoms with Crippen LogP contribution in [0.1, 0.15) is 95.8 Å². The van der Waals surface area contributed by atoms with Gasteiger partial charge in [0.1, 0.15) is 5.72 Å². The lowest BCUT2D eigenvalue weighted by Crippen LogP contribution is -2.37. The van der Waals surface area contributed by atoms with Gasteiger partial charge in [0.2, 0.25) is 0 Å². The van der Waals surface area contributed by atoms with Crippen molar-refractivity contribution >= 4 is 23.1 Å². The maximum atomic E-state index is 11.1. The van der Waals surface area contributed by atoms with Gasteiger partial charge in [-0.2, -0.15) is 0 Å². The summed E-state index contributed by atoms with van der Waals surface area (Å²) in [6.07, 6.45) is 13.1. The van der Waals surface area contributed by atoms with E-state index in [1.54, 1.807) is 20.9 Å². The van der Waals surface area contributed by atoms with Gasteiger partial charge in [-0.1, -0.05) is 44.7 Å². The normalized spacial score (nSPS) is 18.8. The summed E-state index contributed by atoms with van der Waals surface area (Å²) in [5.74, 6) is 0.606. The van der Waals surface area contributed by atoms with Crippen LogP contribution >= 0.6 is 0 Å². The molecule has 1 atom stereocenters. The molecule has 1 aromatic rings. The predicted octanol–water partition coefficient (Wildman–Crippen LogP) is 5.98. The number of hydrogen-bond donors (Lipinski definition) is 4. The second kappa shape index (κ2) is 12.1. The Balaban J connectivity index is 2.50. The van der Waals surface area contributed by atoms with Crippen LogP contribution in [-0.2, 0) is 5.72 Å². The quantitative estimate of drug-likeness (QED) is 0.267. The van der Waals surface area contributed by atoms with Crippen molar-refractivity contribution in [1.29, 1.82) is 5.41 Å². The number of hydrogen-bond acceptors (Lipinski definition) is 5. The number of aliphatic hydroxyl groups is 1. The number of nitrogens with one attached hydrogen (secondary N) is 2. The summed E-state index contributed by atoms with van der Waals surface area (Å²) in [6, 6.07) is 5.88. The first kappa shape index (κ1) is 26.0. The number of aliphatic imine (C=N–C) groups is 1. The standard InChI is InChI=1S/C27H42N4O/c1-6-7-13-26(21-11-9-8-10-12-21)31-18-19(2)23-15-14-22(24(17-28)20(3)29)16-25(23)27(4,32)30-5/h14-18,21,28,30,32H,6-13,29H2,1-5H3/b19-18+,24-20+,28-17?,31-26?. The van der Waals surface area contributed by atoms with Crippen molar-refractivity contribution in [2.45, 2.75) is 84.8 Å². The number of nitrogens with two attached hydrogens (primary N) is 1. The Morgan fingerprint density at radius 1 is 1.28 bits per heavy atom. The van der Waals surface area contributed by atoms with E-state index < -0.39 is 5.72 Å². The Kier molecular flexibility index (Phi) is 9.85. The first-order chi connectivity index (χ1) is 15.2. The van der Waals surface area contributed by atoms with E-state index in [4.69, 9.17) is 16.1 Å². The highest BCUT2D eigenvalue weighted by Gasteiger charge is 2.25. The molecule has 1 saturated carbocycles. The van der Waals surface area contributed by atoms with Crippen LogP contribution in [0.5, 0.6) is 0 Å². The maximum Gasteiger partial charge on any atom is 0.139 e. The average Bonchev–Trinajstić information content (AvgIpc) is 2.79. The summed E-state index contributed by atoms with van der Waals surface area (Å²) < 4.78 is 0. The van der Waals surface area contributed by atoms with E-state index in [0.29, 0.717) is 17.2 Å². The molecular formula is C27H42N4O. The van der Waals surface area contributed by atoms with Gasteiger partial charge < -0.3 is 16.2 Å². The molecule has 0 radical (unpaired) electrons. The van der Waals surface area contributed by atoms with Crippen LogP contribution in [0, 0.1) is 11.3 Å². The van der Waals surface area contributed by atoms with Gasteiger partial charge in [0, 0.05) is 35.0 Å². The number of rotatable bonds is 10. The Morgan fingerprint density at radius 3 is 2.53 bits per heavy atom. The van der Waals surface area contributed by atoms with Gasteiger partial charge >= 0.3 is 0 Å². The Bertz CT molecular complexity index is 870. The first-order valence-corrected chi connectivity index (χ1v) is 12.0. The molecule has 0 spiro atoms. The summed E-state index contributed by atoms with van der Waals surface area (Å²) in [5, 5.41) is 21.8. The van der Waals surface area contributed by atoms with Crippen LogP contribution in [-0.4, -0.2) is 24.1 Å². The van der Waals surface area contributed by atoms with Crippen molar-refractivity contribution in [2.75, 3.05) is 7.05 Å². The van der Waals surface area contributed by atoms with Gasteiger partial charge in [-0.25, -0.2) is 0 Å². The zero-order valence-electron chi connectivity index (χ0n) is 20.6. The van der Waals surface area contributed by atoms with E-state index in [1.165, 1.54) is 56.9 Å². The van der Waals surface area contributed by atoms with Gasteiger partial charge in [-0.15, -0.1) is 0 Å². The molecule has 32 heavy (non-hydrogen) atoms. The van der Waals surface area contributed by atoms with Crippen molar-refractivity contribution in [2.24, 2.45) is 16.6 Å². The van der Waals surface area contributed by atoms with E-state index in [9.17, 15) is 5.11 Å². The number of allylic oxidation sites excluding steroid dienone is 3. The zero-order chi connectivity index (χ0) is 23.7. The fourth-order valence-electron chi connectivity index (χ4n) is 4.43. The molecule has 176 valence electrons.